The van der Waals surface area contributed by atoms with Gasteiger partial charge in [-0.2, -0.15) is 0 Å². The second-order valence-corrected chi connectivity index (χ2v) is 4.21. The fourth-order valence-corrected chi connectivity index (χ4v) is 2.13. The summed E-state index contributed by atoms with van der Waals surface area (Å²) in [5.74, 6) is 3.50. The third-order valence-corrected chi connectivity index (χ3v) is 3.02. The van der Waals surface area contributed by atoms with E-state index in [-0.39, 0.29) is 0 Å². The standard InChI is InChI=1S/C13H10OS/c1-2-7-15-11-8-10-5-3-4-6-12(10)13(14)9-11/h1,3-6,8-9,14H,7H2. The third kappa shape index (κ3) is 2.08. The van der Waals surface area contributed by atoms with E-state index < -0.39 is 0 Å². The molecule has 0 radical (unpaired) electrons. The van der Waals surface area contributed by atoms with E-state index in [4.69, 9.17) is 6.42 Å². The van der Waals surface area contributed by atoms with Gasteiger partial charge < -0.3 is 5.11 Å². The SMILES string of the molecule is C#CCSc1cc(O)c2ccccc2c1. The smallest absolute Gasteiger partial charge is 0.124 e. The molecule has 2 heteroatoms. The molecule has 15 heavy (non-hydrogen) atoms. The van der Waals surface area contributed by atoms with Crippen molar-refractivity contribution in [3.05, 3.63) is 36.4 Å². The minimum absolute atomic E-state index is 0.313. The van der Waals surface area contributed by atoms with Crippen LogP contribution in [0.3, 0.4) is 0 Å². The van der Waals surface area contributed by atoms with Gasteiger partial charge in [-0.15, -0.1) is 18.2 Å². The molecule has 0 atom stereocenters. The number of thioether (sulfide) groups is 1. The molecule has 0 aliphatic carbocycles. The van der Waals surface area contributed by atoms with E-state index >= 15 is 0 Å². The molecule has 0 aromatic heterocycles. The van der Waals surface area contributed by atoms with Crippen LogP contribution in [0.4, 0.5) is 0 Å². The topological polar surface area (TPSA) is 20.2 Å². The number of rotatable bonds is 2. The van der Waals surface area contributed by atoms with E-state index in [1.54, 1.807) is 17.8 Å². The van der Waals surface area contributed by atoms with Crippen molar-refractivity contribution >= 4 is 22.5 Å². The average molecular weight is 214 g/mol. The number of hydrogen-bond acceptors (Lipinski definition) is 2. The zero-order chi connectivity index (χ0) is 10.7. The quantitative estimate of drug-likeness (QED) is 0.611. The van der Waals surface area contributed by atoms with Crippen molar-refractivity contribution in [1.29, 1.82) is 0 Å². The van der Waals surface area contributed by atoms with Gasteiger partial charge in [-0.25, -0.2) is 0 Å². The fourth-order valence-electron chi connectivity index (χ4n) is 1.47. The van der Waals surface area contributed by atoms with Crippen LogP contribution < -0.4 is 0 Å². The van der Waals surface area contributed by atoms with Crippen LogP contribution in [0.1, 0.15) is 0 Å². The minimum atomic E-state index is 0.313. The molecule has 0 saturated heterocycles. The maximum atomic E-state index is 9.79. The zero-order valence-corrected chi connectivity index (χ0v) is 8.92. The number of benzene rings is 2. The summed E-state index contributed by atoms with van der Waals surface area (Å²) in [6.45, 7) is 0. The number of hydrogen-bond donors (Lipinski definition) is 1. The van der Waals surface area contributed by atoms with Crippen LogP contribution in [0, 0.1) is 12.3 Å². The van der Waals surface area contributed by atoms with Gasteiger partial charge in [0, 0.05) is 10.3 Å². The number of terminal acetylenes is 1. The average Bonchev–Trinajstić information content (AvgIpc) is 2.26. The lowest BCUT2D eigenvalue weighted by atomic mass is 10.1. The van der Waals surface area contributed by atoms with Crippen molar-refractivity contribution in [2.45, 2.75) is 4.90 Å². The number of aromatic hydroxyl groups is 1. The lowest BCUT2D eigenvalue weighted by Gasteiger charge is -2.04. The second-order valence-electron chi connectivity index (χ2n) is 3.16. The molecule has 0 aliphatic heterocycles. The van der Waals surface area contributed by atoms with E-state index in [1.165, 1.54) is 0 Å². The first-order chi connectivity index (χ1) is 7.31. The van der Waals surface area contributed by atoms with Gasteiger partial charge in [0.25, 0.3) is 0 Å². The lowest BCUT2D eigenvalue weighted by Crippen LogP contribution is -1.78. The fraction of sp³-hybridized carbons (Fsp3) is 0.0769. The Bertz CT molecular complexity index is 526. The highest BCUT2D eigenvalue weighted by atomic mass is 32.2. The second kappa shape index (κ2) is 4.29. The molecule has 2 aromatic carbocycles. The molecule has 2 rings (SSSR count). The van der Waals surface area contributed by atoms with Crippen molar-refractivity contribution in [3.63, 3.8) is 0 Å². The Morgan fingerprint density at radius 1 is 1.27 bits per heavy atom. The Kier molecular flexibility index (Phi) is 2.84. The van der Waals surface area contributed by atoms with Crippen molar-refractivity contribution < 1.29 is 5.11 Å². The Morgan fingerprint density at radius 3 is 2.87 bits per heavy atom. The van der Waals surface area contributed by atoms with Crippen molar-refractivity contribution in [3.8, 4) is 18.1 Å². The van der Waals surface area contributed by atoms with Crippen LogP contribution in [0.5, 0.6) is 5.75 Å². The number of phenols is 1. The van der Waals surface area contributed by atoms with Gasteiger partial charge in [0.15, 0.2) is 0 Å². The molecule has 0 unspecified atom stereocenters. The summed E-state index contributed by atoms with van der Waals surface area (Å²) in [7, 11) is 0. The molecule has 2 aromatic rings. The molecule has 1 N–H and O–H groups in total. The highest BCUT2D eigenvalue weighted by Crippen LogP contribution is 2.30. The number of fused-ring (bicyclic) bond motifs is 1. The highest BCUT2D eigenvalue weighted by molar-refractivity contribution is 7.99. The molecule has 0 spiro atoms. The van der Waals surface area contributed by atoms with Gasteiger partial charge in [0.05, 0.1) is 5.75 Å². The summed E-state index contributed by atoms with van der Waals surface area (Å²) in [4.78, 5) is 1.00. The first kappa shape index (κ1) is 9.95. The van der Waals surface area contributed by atoms with Crippen LogP contribution in [0.2, 0.25) is 0 Å². The maximum Gasteiger partial charge on any atom is 0.124 e. The van der Waals surface area contributed by atoms with E-state index in [1.807, 2.05) is 30.3 Å². The molecular formula is C13H10OS. The first-order valence-electron chi connectivity index (χ1n) is 4.59. The predicted octanol–water partition coefficient (Wildman–Crippen LogP) is 3.27. The van der Waals surface area contributed by atoms with Crippen LogP contribution in [-0.4, -0.2) is 10.9 Å². The molecule has 0 heterocycles. The monoisotopic (exact) mass is 214 g/mol. The largest absolute Gasteiger partial charge is 0.507 e. The van der Waals surface area contributed by atoms with Crippen molar-refractivity contribution in [2.75, 3.05) is 5.75 Å². The summed E-state index contributed by atoms with van der Waals surface area (Å²) < 4.78 is 0. The molecule has 74 valence electrons. The van der Waals surface area contributed by atoms with Gasteiger partial charge in [0.2, 0.25) is 0 Å². The van der Waals surface area contributed by atoms with E-state index in [0.29, 0.717) is 11.5 Å². The molecule has 0 fully saturated rings. The molecule has 1 nitrogen and oxygen atoms in total. The summed E-state index contributed by atoms with van der Waals surface area (Å²) >= 11 is 1.55. The van der Waals surface area contributed by atoms with Gasteiger partial charge in [-0.3, -0.25) is 0 Å². The van der Waals surface area contributed by atoms with E-state index in [9.17, 15) is 5.11 Å². The molecule has 0 saturated carbocycles. The Morgan fingerprint density at radius 2 is 2.07 bits per heavy atom. The van der Waals surface area contributed by atoms with E-state index in [0.717, 1.165) is 15.7 Å². The normalized spacial score (nSPS) is 10.1. The summed E-state index contributed by atoms with van der Waals surface area (Å²) in [5.41, 5.74) is 0. The molecule has 0 aliphatic rings. The van der Waals surface area contributed by atoms with Gasteiger partial charge in [0.1, 0.15) is 5.75 Å². The molecule has 0 amide bonds. The summed E-state index contributed by atoms with van der Waals surface area (Å²) in [6, 6.07) is 11.5. The third-order valence-electron chi connectivity index (χ3n) is 2.14. The van der Waals surface area contributed by atoms with Gasteiger partial charge >= 0.3 is 0 Å². The Hall–Kier alpha value is -1.59. The van der Waals surface area contributed by atoms with Crippen LogP contribution in [-0.2, 0) is 0 Å². The number of phenolic OH excluding ortho intramolecular Hbond substituents is 1. The first-order valence-corrected chi connectivity index (χ1v) is 5.58. The van der Waals surface area contributed by atoms with Crippen LogP contribution >= 0.6 is 11.8 Å². The van der Waals surface area contributed by atoms with Gasteiger partial charge in [-0.1, -0.05) is 30.2 Å². The molecular weight excluding hydrogens is 204 g/mol. The lowest BCUT2D eigenvalue weighted by molar-refractivity contribution is 0.480. The predicted molar refractivity (Wildman–Crippen MR) is 65.2 cm³/mol. The molecule has 0 bridgehead atoms. The Balaban J connectivity index is 2.49. The van der Waals surface area contributed by atoms with Crippen LogP contribution in [0.15, 0.2) is 41.3 Å². The minimum Gasteiger partial charge on any atom is -0.507 e. The highest BCUT2D eigenvalue weighted by Gasteiger charge is 2.02. The van der Waals surface area contributed by atoms with Crippen molar-refractivity contribution in [2.24, 2.45) is 0 Å². The van der Waals surface area contributed by atoms with Gasteiger partial charge in [-0.05, 0) is 17.5 Å². The van der Waals surface area contributed by atoms with E-state index in [2.05, 4.69) is 5.92 Å². The van der Waals surface area contributed by atoms with Crippen LogP contribution in [0.25, 0.3) is 10.8 Å². The summed E-state index contributed by atoms with van der Waals surface area (Å²) in [6.07, 6.45) is 5.19. The Labute approximate surface area is 93.1 Å². The maximum absolute atomic E-state index is 9.79. The summed E-state index contributed by atoms with van der Waals surface area (Å²) in [5, 5.41) is 11.7. The van der Waals surface area contributed by atoms with Crippen molar-refractivity contribution in [1.82, 2.24) is 0 Å². The zero-order valence-electron chi connectivity index (χ0n) is 8.10.